The zero-order chi connectivity index (χ0) is 11.0. The predicted molar refractivity (Wildman–Crippen MR) is 71.8 cm³/mol. The van der Waals surface area contributed by atoms with Crippen molar-refractivity contribution in [1.82, 2.24) is 10.2 Å². The summed E-state index contributed by atoms with van der Waals surface area (Å²) in [5.74, 6) is 0. The molecule has 2 aliphatic rings. The Kier molecular flexibility index (Phi) is 2.86. The first kappa shape index (κ1) is 10.5. The number of rotatable bonds is 2. The quantitative estimate of drug-likeness (QED) is 0.815. The molecular formula is C12H16N2S2. The van der Waals surface area contributed by atoms with Gasteiger partial charge in [0.05, 0.1) is 6.04 Å². The fourth-order valence-electron chi connectivity index (χ4n) is 2.27. The second-order valence-electron chi connectivity index (χ2n) is 4.59. The van der Waals surface area contributed by atoms with Gasteiger partial charge in [-0.1, -0.05) is 6.07 Å². The highest BCUT2D eigenvalue weighted by atomic mass is 32.1. The summed E-state index contributed by atoms with van der Waals surface area (Å²) in [5, 5.41) is 6.58. The molecule has 0 spiro atoms. The lowest BCUT2D eigenvalue weighted by Gasteiger charge is -2.27. The van der Waals surface area contributed by atoms with Gasteiger partial charge in [0.25, 0.3) is 0 Å². The molecule has 0 aromatic carbocycles. The lowest BCUT2D eigenvalue weighted by atomic mass is 10.2. The number of hydrogen-bond acceptors (Lipinski definition) is 2. The average Bonchev–Trinajstić information content (AvgIpc) is 2.84. The SMILES string of the molecule is S=C(NC1CC1)N1CCC[C@@H]1c1cccs1. The van der Waals surface area contributed by atoms with E-state index in [1.165, 1.54) is 30.6 Å². The molecule has 16 heavy (non-hydrogen) atoms. The molecular weight excluding hydrogens is 236 g/mol. The van der Waals surface area contributed by atoms with E-state index in [1.807, 2.05) is 11.3 Å². The third-order valence-electron chi connectivity index (χ3n) is 3.29. The highest BCUT2D eigenvalue weighted by Crippen LogP contribution is 2.34. The fourth-order valence-corrected chi connectivity index (χ4v) is 3.53. The molecule has 1 aromatic heterocycles. The Morgan fingerprint density at radius 1 is 1.44 bits per heavy atom. The Morgan fingerprint density at radius 3 is 3.00 bits per heavy atom. The number of hydrogen-bond donors (Lipinski definition) is 1. The van der Waals surface area contributed by atoms with Crippen LogP contribution in [-0.2, 0) is 0 Å². The monoisotopic (exact) mass is 252 g/mol. The molecule has 1 atom stereocenters. The van der Waals surface area contributed by atoms with Crippen LogP contribution in [0.4, 0.5) is 0 Å². The van der Waals surface area contributed by atoms with Crippen molar-refractivity contribution in [1.29, 1.82) is 0 Å². The maximum absolute atomic E-state index is 5.50. The lowest BCUT2D eigenvalue weighted by molar-refractivity contribution is 0.398. The Labute approximate surface area is 106 Å². The van der Waals surface area contributed by atoms with E-state index in [2.05, 4.69) is 27.7 Å². The van der Waals surface area contributed by atoms with Crippen molar-refractivity contribution in [3.63, 3.8) is 0 Å². The van der Waals surface area contributed by atoms with E-state index in [0.717, 1.165) is 11.7 Å². The minimum atomic E-state index is 0.527. The molecule has 0 unspecified atom stereocenters. The minimum absolute atomic E-state index is 0.527. The maximum atomic E-state index is 5.50. The molecule has 2 nitrogen and oxygen atoms in total. The second kappa shape index (κ2) is 4.34. The fraction of sp³-hybridized carbons (Fsp3) is 0.583. The summed E-state index contributed by atoms with van der Waals surface area (Å²) in [7, 11) is 0. The van der Waals surface area contributed by atoms with Gasteiger partial charge in [-0.15, -0.1) is 11.3 Å². The summed E-state index contributed by atoms with van der Waals surface area (Å²) in [6.07, 6.45) is 5.08. The van der Waals surface area contributed by atoms with Crippen LogP contribution in [-0.4, -0.2) is 22.6 Å². The van der Waals surface area contributed by atoms with Crippen LogP contribution in [0.1, 0.15) is 36.6 Å². The Bertz CT molecular complexity index is 370. The normalized spacial score (nSPS) is 24.8. The van der Waals surface area contributed by atoms with Crippen LogP contribution < -0.4 is 5.32 Å². The van der Waals surface area contributed by atoms with Gasteiger partial charge in [-0.2, -0.15) is 0 Å². The number of thiocarbonyl (C=S) groups is 1. The van der Waals surface area contributed by atoms with Gasteiger partial charge in [-0.05, 0) is 49.3 Å². The van der Waals surface area contributed by atoms with E-state index in [4.69, 9.17) is 12.2 Å². The van der Waals surface area contributed by atoms with Gasteiger partial charge in [0, 0.05) is 17.5 Å². The largest absolute Gasteiger partial charge is 0.360 e. The Hall–Kier alpha value is -0.610. The van der Waals surface area contributed by atoms with Gasteiger partial charge < -0.3 is 10.2 Å². The van der Waals surface area contributed by atoms with Gasteiger partial charge in [0.2, 0.25) is 0 Å². The molecule has 86 valence electrons. The van der Waals surface area contributed by atoms with E-state index in [1.54, 1.807) is 0 Å². The molecule has 1 aliphatic carbocycles. The van der Waals surface area contributed by atoms with Gasteiger partial charge >= 0.3 is 0 Å². The van der Waals surface area contributed by atoms with Crippen molar-refractivity contribution in [2.24, 2.45) is 0 Å². The van der Waals surface area contributed by atoms with E-state index in [0.29, 0.717) is 12.1 Å². The van der Waals surface area contributed by atoms with Crippen LogP contribution in [0.15, 0.2) is 17.5 Å². The van der Waals surface area contributed by atoms with Crippen LogP contribution >= 0.6 is 23.6 Å². The smallest absolute Gasteiger partial charge is 0.169 e. The average molecular weight is 252 g/mol. The molecule has 1 aromatic rings. The lowest BCUT2D eigenvalue weighted by Crippen LogP contribution is -2.40. The summed E-state index contributed by atoms with van der Waals surface area (Å²) in [6, 6.07) is 5.55. The zero-order valence-corrected chi connectivity index (χ0v) is 10.8. The maximum Gasteiger partial charge on any atom is 0.169 e. The first-order valence-electron chi connectivity index (χ1n) is 5.95. The molecule has 0 radical (unpaired) electrons. The number of likely N-dealkylation sites (tertiary alicyclic amines) is 1. The summed E-state index contributed by atoms with van der Waals surface area (Å²) in [5.41, 5.74) is 0. The zero-order valence-electron chi connectivity index (χ0n) is 9.19. The van der Waals surface area contributed by atoms with Gasteiger partial charge in [-0.3, -0.25) is 0 Å². The first-order valence-corrected chi connectivity index (χ1v) is 7.24. The van der Waals surface area contributed by atoms with E-state index < -0.39 is 0 Å². The highest BCUT2D eigenvalue weighted by molar-refractivity contribution is 7.80. The number of thiophene rings is 1. The minimum Gasteiger partial charge on any atom is -0.360 e. The summed E-state index contributed by atoms with van der Waals surface area (Å²) >= 11 is 7.35. The van der Waals surface area contributed by atoms with Gasteiger partial charge in [0.1, 0.15) is 0 Å². The van der Waals surface area contributed by atoms with Crippen LogP contribution in [0.3, 0.4) is 0 Å². The van der Waals surface area contributed by atoms with Crippen LogP contribution in [0.25, 0.3) is 0 Å². The van der Waals surface area contributed by atoms with Crippen molar-refractivity contribution in [3.05, 3.63) is 22.4 Å². The molecule has 1 saturated heterocycles. The van der Waals surface area contributed by atoms with E-state index in [-0.39, 0.29) is 0 Å². The van der Waals surface area contributed by atoms with Gasteiger partial charge in [-0.25, -0.2) is 0 Å². The molecule has 3 rings (SSSR count). The van der Waals surface area contributed by atoms with Crippen LogP contribution in [0.2, 0.25) is 0 Å². The first-order chi connectivity index (χ1) is 7.84. The van der Waals surface area contributed by atoms with Crippen molar-refractivity contribution in [2.75, 3.05) is 6.54 Å². The Balaban J connectivity index is 1.70. The van der Waals surface area contributed by atoms with E-state index in [9.17, 15) is 0 Å². The molecule has 4 heteroatoms. The van der Waals surface area contributed by atoms with Crippen molar-refractivity contribution in [2.45, 2.75) is 37.8 Å². The third-order valence-corrected chi connectivity index (χ3v) is 4.62. The van der Waals surface area contributed by atoms with E-state index >= 15 is 0 Å². The van der Waals surface area contributed by atoms with Gasteiger partial charge in [0.15, 0.2) is 5.11 Å². The molecule has 0 amide bonds. The summed E-state index contributed by atoms with van der Waals surface area (Å²) in [6.45, 7) is 1.11. The van der Waals surface area contributed by atoms with Crippen LogP contribution in [0, 0.1) is 0 Å². The molecule has 0 bridgehead atoms. The summed E-state index contributed by atoms with van der Waals surface area (Å²) in [4.78, 5) is 3.83. The molecule has 2 fully saturated rings. The summed E-state index contributed by atoms with van der Waals surface area (Å²) < 4.78 is 0. The topological polar surface area (TPSA) is 15.3 Å². The molecule has 1 N–H and O–H groups in total. The van der Waals surface area contributed by atoms with Crippen molar-refractivity contribution >= 4 is 28.7 Å². The molecule has 1 saturated carbocycles. The standard InChI is InChI=1S/C12H16N2S2/c15-12(13-9-5-6-9)14-7-1-3-10(14)11-4-2-8-16-11/h2,4,8-10H,1,3,5-7H2,(H,13,15)/t10-/m1/s1. The third kappa shape index (κ3) is 2.09. The number of nitrogens with one attached hydrogen (secondary N) is 1. The second-order valence-corrected chi connectivity index (χ2v) is 5.96. The number of nitrogens with zero attached hydrogens (tertiary/aromatic N) is 1. The van der Waals surface area contributed by atoms with Crippen molar-refractivity contribution < 1.29 is 0 Å². The van der Waals surface area contributed by atoms with Crippen LogP contribution in [0.5, 0.6) is 0 Å². The highest BCUT2D eigenvalue weighted by Gasteiger charge is 2.31. The Morgan fingerprint density at radius 2 is 2.31 bits per heavy atom. The predicted octanol–water partition coefficient (Wildman–Crippen LogP) is 2.92. The molecule has 2 heterocycles. The molecule has 1 aliphatic heterocycles. The van der Waals surface area contributed by atoms with Crippen molar-refractivity contribution in [3.8, 4) is 0 Å².